The maximum Gasteiger partial charge on any atom is -1.00 e. The Hall–Kier alpha value is -1.53. The van der Waals surface area contributed by atoms with Crippen LogP contribution in [-0.4, -0.2) is 3.21 Å². The molecule has 0 radical (unpaired) electrons. The van der Waals surface area contributed by atoms with Crippen LogP contribution in [0.5, 0.6) is 0 Å². The average Bonchev–Trinajstić information content (AvgIpc) is 3.42. The number of hydrogen-bond acceptors (Lipinski definition) is 0. The molecule has 3 aromatic carbocycles. The van der Waals surface area contributed by atoms with Crippen LogP contribution < -0.4 is 24.8 Å². The quantitative estimate of drug-likeness (QED) is 0.267. The van der Waals surface area contributed by atoms with Gasteiger partial charge in [0.25, 0.3) is 0 Å². The van der Waals surface area contributed by atoms with Crippen LogP contribution in [0.25, 0.3) is 11.1 Å². The van der Waals surface area contributed by atoms with Crippen molar-refractivity contribution >= 4 is 3.21 Å². The molecule has 230 valence electrons. The van der Waals surface area contributed by atoms with Gasteiger partial charge >= 0.3 is 76.7 Å². The molecule has 0 spiro atoms. The van der Waals surface area contributed by atoms with Gasteiger partial charge in [-0.05, 0) is 17.4 Å². The van der Waals surface area contributed by atoms with Crippen molar-refractivity contribution in [3.8, 4) is 11.1 Å². The molecule has 2 aliphatic carbocycles. The number of aryl methyl sites for hydroxylation is 1. The van der Waals surface area contributed by atoms with Crippen molar-refractivity contribution < 1.29 is 49.0 Å². The van der Waals surface area contributed by atoms with Crippen molar-refractivity contribution in [2.24, 2.45) is 11.8 Å². The Morgan fingerprint density at radius 3 is 1.84 bits per heavy atom. The molecule has 0 fully saturated rings. The Kier molecular flexibility index (Phi) is 14.8. The largest absolute Gasteiger partial charge is 1.00 e. The van der Waals surface area contributed by atoms with Gasteiger partial charge in [0.05, 0.1) is 0 Å². The topological polar surface area (TPSA) is 0 Å². The average molecular weight is 693 g/mol. The Morgan fingerprint density at radius 2 is 1.40 bits per heavy atom. The molecule has 0 nitrogen and oxygen atoms in total. The molecule has 0 amide bonds. The summed E-state index contributed by atoms with van der Waals surface area (Å²) in [6, 6.07) is 23.7. The molecule has 2 aliphatic rings. The number of rotatable bonds is 2. The Morgan fingerprint density at radius 1 is 0.837 bits per heavy atom. The third kappa shape index (κ3) is 10.8. The smallest absolute Gasteiger partial charge is 1.00 e. The second kappa shape index (κ2) is 16.2. The van der Waals surface area contributed by atoms with E-state index in [2.05, 4.69) is 156 Å². The molecule has 0 aromatic heterocycles. The fourth-order valence-electron chi connectivity index (χ4n) is 5.27. The summed E-state index contributed by atoms with van der Waals surface area (Å²) in [6.45, 7) is 26.7. The maximum atomic E-state index is 3.53. The fourth-order valence-corrected chi connectivity index (χ4v) is 5.68. The van der Waals surface area contributed by atoms with E-state index in [0.717, 1.165) is 6.42 Å². The molecular weight excluding hydrogens is 643 g/mol. The normalized spacial score (nSPS) is 14.9. The Bertz CT molecular complexity index is 1380. The number of halogens is 2. The zero-order chi connectivity index (χ0) is 30.7. The summed E-state index contributed by atoms with van der Waals surface area (Å²) < 4.78 is 1.46. The molecule has 43 heavy (non-hydrogen) atoms. The first-order chi connectivity index (χ1) is 19.0. The second-order valence-corrected chi connectivity index (χ2v) is 16.0. The van der Waals surface area contributed by atoms with E-state index in [4.69, 9.17) is 0 Å². The van der Waals surface area contributed by atoms with E-state index in [1.54, 1.807) is 0 Å². The molecule has 0 N–H and O–H groups in total. The Balaban J connectivity index is 0.000000355. The van der Waals surface area contributed by atoms with Crippen molar-refractivity contribution in [2.75, 3.05) is 0 Å². The van der Waals surface area contributed by atoms with E-state index in [0.29, 0.717) is 11.8 Å². The van der Waals surface area contributed by atoms with Gasteiger partial charge in [-0.25, -0.2) is 5.57 Å². The first kappa shape index (κ1) is 39.5. The summed E-state index contributed by atoms with van der Waals surface area (Å²) in [6.07, 6.45) is 6.71. The van der Waals surface area contributed by atoms with Gasteiger partial charge in [-0.1, -0.05) is 116 Å². The van der Waals surface area contributed by atoms with Crippen LogP contribution in [0.2, 0.25) is 0 Å². The zero-order valence-electron chi connectivity index (χ0n) is 28.4. The van der Waals surface area contributed by atoms with E-state index < -0.39 is 0 Å². The summed E-state index contributed by atoms with van der Waals surface area (Å²) in [5.41, 5.74) is 14.3. The number of fused-ring (bicyclic) bond motifs is 3. The molecule has 0 saturated heterocycles. The first-order valence-corrected chi connectivity index (χ1v) is 16.3. The minimum atomic E-state index is 0. The minimum absolute atomic E-state index is 0. The van der Waals surface area contributed by atoms with E-state index in [9.17, 15) is 0 Å². The van der Waals surface area contributed by atoms with Gasteiger partial charge in [-0.2, -0.15) is 41.0 Å². The summed E-state index contributed by atoms with van der Waals surface area (Å²) in [5.74, 6) is 1.20. The fraction of sp³-hybridized carbons (Fsp3) is 0.425. The summed E-state index contributed by atoms with van der Waals surface area (Å²) in [5, 5.41) is 0. The number of hydrogen-bond donors (Lipinski definition) is 0. The third-order valence-electron chi connectivity index (χ3n) is 7.94. The van der Waals surface area contributed by atoms with E-state index in [1.807, 2.05) is 0 Å². The predicted molar refractivity (Wildman–Crippen MR) is 176 cm³/mol. The standard InChI is InChI=1S/C21H25.C10H15.C9H10.2ClH.Zr/c1-20(2,3)16-9-7-14-11-15-8-10-17(21(4,5)6)13-19(15)18(14)12-16;1-7(2)10-6-8(3)5-9(10)4;1-3-9-6-4-8(2)5-7-9;;;/h7,9-10,12-13H,11H2,1-6H3;6-8H,1-4H3;4-7H,1-2H3;2*1H;/q2*-1;;;;+2/p-2. The van der Waals surface area contributed by atoms with Gasteiger partial charge in [0.15, 0.2) is 0 Å². The van der Waals surface area contributed by atoms with Crippen LogP contribution in [0.1, 0.15) is 110 Å². The third-order valence-corrected chi connectivity index (χ3v) is 8.65. The summed E-state index contributed by atoms with van der Waals surface area (Å²) >= 11 is 1.51. The van der Waals surface area contributed by atoms with Crippen molar-refractivity contribution in [1.29, 1.82) is 0 Å². The molecule has 5 rings (SSSR count). The van der Waals surface area contributed by atoms with Gasteiger partial charge in [0.2, 0.25) is 0 Å². The van der Waals surface area contributed by atoms with Crippen LogP contribution >= 0.6 is 0 Å². The van der Waals surface area contributed by atoms with Gasteiger partial charge < -0.3 is 24.8 Å². The van der Waals surface area contributed by atoms with Crippen LogP contribution in [0.3, 0.4) is 0 Å². The molecule has 0 heterocycles. The van der Waals surface area contributed by atoms with Crippen molar-refractivity contribution in [3.05, 3.63) is 117 Å². The van der Waals surface area contributed by atoms with Crippen LogP contribution in [0.15, 0.2) is 71.8 Å². The Labute approximate surface area is 291 Å². The molecular formula is C40H50Cl2Zr-2. The first-order valence-electron chi connectivity index (χ1n) is 15.1. The maximum absolute atomic E-state index is 3.53. The van der Waals surface area contributed by atoms with Gasteiger partial charge in [0.1, 0.15) is 0 Å². The van der Waals surface area contributed by atoms with Gasteiger partial charge in [-0.15, -0.1) is 5.56 Å². The van der Waals surface area contributed by atoms with Gasteiger partial charge in [-0.3, -0.25) is 6.08 Å². The van der Waals surface area contributed by atoms with Crippen LogP contribution in [0.4, 0.5) is 0 Å². The van der Waals surface area contributed by atoms with Crippen molar-refractivity contribution in [2.45, 2.75) is 100 Å². The molecule has 3 aromatic rings. The molecule has 0 aliphatic heterocycles. The predicted octanol–water partition coefficient (Wildman–Crippen LogP) is 4.71. The molecule has 3 heteroatoms. The van der Waals surface area contributed by atoms with E-state index >= 15 is 0 Å². The van der Waals surface area contributed by atoms with Crippen LogP contribution in [0, 0.1) is 30.9 Å². The zero-order valence-corrected chi connectivity index (χ0v) is 32.4. The minimum Gasteiger partial charge on any atom is -1.00 e. The summed E-state index contributed by atoms with van der Waals surface area (Å²) in [7, 11) is 0. The van der Waals surface area contributed by atoms with Crippen molar-refractivity contribution in [3.63, 3.8) is 0 Å². The van der Waals surface area contributed by atoms with Crippen LogP contribution in [-0.2, 0) is 41.5 Å². The molecule has 1 atom stereocenters. The number of allylic oxidation sites excluding steroid dienone is 4. The summed E-state index contributed by atoms with van der Waals surface area (Å²) in [4.78, 5) is 0. The van der Waals surface area contributed by atoms with Gasteiger partial charge in [0, 0.05) is 0 Å². The monoisotopic (exact) mass is 690 g/mol. The van der Waals surface area contributed by atoms with E-state index in [1.165, 1.54) is 83.1 Å². The SMILES string of the molecule is CC(C)(C)c1c[c-]c2c(c1)-c1cc(C(C)(C)C)ccc1C2.CC1=[C-]C(C)C=C1C(C)C.C[C](=[Zr+2])c1ccc(C)cc1.[Cl-].[Cl-]. The van der Waals surface area contributed by atoms with Crippen molar-refractivity contribution in [1.82, 2.24) is 0 Å². The number of benzene rings is 3. The molecule has 0 saturated carbocycles. The second-order valence-electron chi connectivity index (χ2n) is 14.2. The molecule has 1 unspecified atom stereocenters. The molecule has 0 bridgehead atoms. The van der Waals surface area contributed by atoms with E-state index in [-0.39, 0.29) is 35.6 Å².